The minimum absolute atomic E-state index is 0.237. The summed E-state index contributed by atoms with van der Waals surface area (Å²) in [7, 11) is 1.94. The van der Waals surface area contributed by atoms with E-state index >= 15 is 0 Å². The fourth-order valence-corrected chi connectivity index (χ4v) is 1.60. The van der Waals surface area contributed by atoms with E-state index in [1.807, 2.05) is 24.5 Å². The summed E-state index contributed by atoms with van der Waals surface area (Å²) in [5.74, 6) is 0.0134. The van der Waals surface area contributed by atoms with Gasteiger partial charge in [0.25, 0.3) is 5.91 Å². The third kappa shape index (κ3) is 6.19. The highest BCUT2D eigenvalue weighted by Gasteiger charge is 2.05. The molecule has 1 aromatic rings. The first-order valence-electron chi connectivity index (χ1n) is 6.49. The number of ether oxygens (including phenoxy) is 1. The van der Waals surface area contributed by atoms with Gasteiger partial charge in [-0.1, -0.05) is 12.1 Å². The van der Waals surface area contributed by atoms with Gasteiger partial charge in [-0.3, -0.25) is 10.1 Å². The van der Waals surface area contributed by atoms with Crippen LogP contribution >= 0.6 is 0 Å². The van der Waals surface area contributed by atoms with Crippen molar-refractivity contribution in [3.63, 3.8) is 0 Å². The number of urea groups is 1. The summed E-state index contributed by atoms with van der Waals surface area (Å²) >= 11 is 0. The maximum atomic E-state index is 11.2. The monoisotopic (exact) mass is 279 g/mol. The van der Waals surface area contributed by atoms with Gasteiger partial charge in [-0.2, -0.15) is 0 Å². The number of hydrogen-bond acceptors (Lipinski definition) is 4. The van der Waals surface area contributed by atoms with Crippen LogP contribution in [-0.2, 0) is 11.2 Å². The van der Waals surface area contributed by atoms with Gasteiger partial charge in [-0.05, 0) is 44.5 Å². The lowest BCUT2D eigenvalue weighted by Gasteiger charge is -2.10. The lowest BCUT2D eigenvalue weighted by Crippen LogP contribution is -2.38. The Morgan fingerprint density at radius 3 is 2.50 bits per heavy atom. The van der Waals surface area contributed by atoms with Crippen molar-refractivity contribution in [3.05, 3.63) is 29.8 Å². The Balaban J connectivity index is 2.38. The lowest BCUT2D eigenvalue weighted by atomic mass is 10.1. The molecule has 110 valence electrons. The van der Waals surface area contributed by atoms with E-state index in [-0.39, 0.29) is 6.61 Å². The first-order chi connectivity index (χ1) is 9.51. The summed E-state index contributed by atoms with van der Waals surface area (Å²) in [4.78, 5) is 21.6. The predicted molar refractivity (Wildman–Crippen MR) is 76.5 cm³/mol. The summed E-state index contributed by atoms with van der Waals surface area (Å²) in [5.41, 5.74) is 6.03. The fourth-order valence-electron chi connectivity index (χ4n) is 1.60. The zero-order valence-electron chi connectivity index (χ0n) is 11.8. The highest BCUT2D eigenvalue weighted by Crippen LogP contribution is 2.13. The van der Waals surface area contributed by atoms with Crippen LogP contribution in [0.4, 0.5) is 4.79 Å². The second kappa shape index (κ2) is 8.16. The molecule has 3 amide bonds. The summed E-state index contributed by atoms with van der Waals surface area (Å²) in [6, 6.07) is 7.12. The Hall–Kier alpha value is -2.08. The van der Waals surface area contributed by atoms with E-state index < -0.39 is 11.9 Å². The summed E-state index contributed by atoms with van der Waals surface area (Å²) in [6.45, 7) is 1.90. The molecule has 1 aromatic carbocycles. The van der Waals surface area contributed by atoms with Gasteiger partial charge in [-0.15, -0.1) is 0 Å². The Morgan fingerprint density at radius 2 is 1.95 bits per heavy atom. The van der Waals surface area contributed by atoms with Crippen molar-refractivity contribution in [1.29, 1.82) is 0 Å². The van der Waals surface area contributed by atoms with Crippen LogP contribution in [0.25, 0.3) is 0 Å². The van der Waals surface area contributed by atoms with Gasteiger partial charge in [0, 0.05) is 6.04 Å². The van der Waals surface area contributed by atoms with Crippen molar-refractivity contribution >= 4 is 11.9 Å². The summed E-state index contributed by atoms with van der Waals surface area (Å²) in [6.07, 6.45) is 2.03. The van der Waals surface area contributed by atoms with Gasteiger partial charge < -0.3 is 15.8 Å². The highest BCUT2D eigenvalue weighted by molar-refractivity contribution is 5.94. The molecule has 0 fully saturated rings. The van der Waals surface area contributed by atoms with Crippen molar-refractivity contribution in [2.24, 2.45) is 5.73 Å². The second-order valence-corrected chi connectivity index (χ2v) is 4.57. The molecule has 6 nitrogen and oxygen atoms in total. The van der Waals surface area contributed by atoms with Crippen molar-refractivity contribution in [2.75, 3.05) is 13.7 Å². The Kier molecular flexibility index (Phi) is 6.52. The number of rotatable bonds is 7. The number of primary amides is 1. The molecule has 0 radical (unpaired) electrons. The smallest absolute Gasteiger partial charge is 0.318 e. The van der Waals surface area contributed by atoms with E-state index in [1.54, 1.807) is 12.1 Å². The number of benzene rings is 1. The zero-order valence-corrected chi connectivity index (χ0v) is 11.8. The molecular formula is C14H21N3O3. The van der Waals surface area contributed by atoms with E-state index in [1.165, 1.54) is 5.56 Å². The number of nitrogens with one attached hydrogen (secondary N) is 2. The molecule has 1 atom stereocenters. The molecule has 0 saturated carbocycles. The van der Waals surface area contributed by atoms with E-state index in [9.17, 15) is 9.59 Å². The van der Waals surface area contributed by atoms with Crippen LogP contribution < -0.4 is 21.1 Å². The third-order valence-electron chi connectivity index (χ3n) is 2.91. The van der Waals surface area contributed by atoms with Crippen molar-refractivity contribution in [1.82, 2.24) is 10.6 Å². The topological polar surface area (TPSA) is 93.4 Å². The fraction of sp³-hybridized carbons (Fsp3) is 0.429. The number of amides is 3. The van der Waals surface area contributed by atoms with E-state index in [0.29, 0.717) is 11.8 Å². The maximum absolute atomic E-state index is 11.2. The molecule has 0 spiro atoms. The number of carbonyl (C=O) groups excluding carboxylic acids is 2. The number of aryl methyl sites for hydroxylation is 1. The van der Waals surface area contributed by atoms with Crippen LogP contribution in [0, 0.1) is 0 Å². The van der Waals surface area contributed by atoms with Crippen molar-refractivity contribution in [3.8, 4) is 5.75 Å². The molecule has 1 unspecified atom stereocenters. The van der Waals surface area contributed by atoms with Crippen molar-refractivity contribution in [2.45, 2.75) is 25.8 Å². The number of imide groups is 1. The van der Waals surface area contributed by atoms with E-state index in [2.05, 4.69) is 12.2 Å². The van der Waals surface area contributed by atoms with Gasteiger partial charge >= 0.3 is 6.03 Å². The summed E-state index contributed by atoms with van der Waals surface area (Å²) in [5, 5.41) is 5.12. The van der Waals surface area contributed by atoms with Gasteiger partial charge in [0.1, 0.15) is 5.75 Å². The molecule has 20 heavy (non-hydrogen) atoms. The van der Waals surface area contributed by atoms with E-state index in [4.69, 9.17) is 10.5 Å². The average molecular weight is 279 g/mol. The minimum Gasteiger partial charge on any atom is -0.484 e. The Morgan fingerprint density at radius 1 is 1.30 bits per heavy atom. The van der Waals surface area contributed by atoms with Crippen LogP contribution in [0.15, 0.2) is 24.3 Å². The van der Waals surface area contributed by atoms with Crippen LogP contribution in [0.1, 0.15) is 18.9 Å². The third-order valence-corrected chi connectivity index (χ3v) is 2.91. The molecule has 0 heterocycles. The quantitative estimate of drug-likeness (QED) is 0.688. The number of nitrogens with two attached hydrogens (primary N) is 1. The predicted octanol–water partition coefficient (Wildman–Crippen LogP) is 0.801. The molecule has 1 rings (SSSR count). The molecule has 0 aromatic heterocycles. The molecule has 0 aliphatic heterocycles. The first-order valence-corrected chi connectivity index (χ1v) is 6.49. The number of carbonyl (C=O) groups is 2. The van der Waals surface area contributed by atoms with Crippen LogP contribution in [0.2, 0.25) is 0 Å². The SMILES string of the molecule is CNC(C)CCc1ccc(OCC(=O)NC(N)=O)cc1. The largest absolute Gasteiger partial charge is 0.484 e. The molecule has 0 aliphatic carbocycles. The van der Waals surface area contributed by atoms with Crippen molar-refractivity contribution < 1.29 is 14.3 Å². The maximum Gasteiger partial charge on any atom is 0.318 e. The normalized spacial score (nSPS) is 11.7. The standard InChI is InChI=1S/C14H21N3O3/c1-10(16-2)3-4-11-5-7-12(8-6-11)20-9-13(18)17-14(15)19/h5-8,10,16H,3-4,9H2,1-2H3,(H3,15,17,18,19). The average Bonchev–Trinajstić information content (AvgIpc) is 2.43. The number of hydrogen-bond donors (Lipinski definition) is 3. The minimum atomic E-state index is -0.882. The van der Waals surface area contributed by atoms with Gasteiger partial charge in [-0.25, -0.2) is 4.79 Å². The van der Waals surface area contributed by atoms with Gasteiger partial charge in [0.05, 0.1) is 0 Å². The molecule has 0 aliphatic rings. The lowest BCUT2D eigenvalue weighted by molar-refractivity contribution is -0.121. The second-order valence-electron chi connectivity index (χ2n) is 4.57. The molecule has 4 N–H and O–H groups in total. The van der Waals surface area contributed by atoms with Gasteiger partial charge in [0.2, 0.25) is 0 Å². The molecule has 0 saturated heterocycles. The zero-order chi connectivity index (χ0) is 15.0. The van der Waals surface area contributed by atoms with Crippen LogP contribution in [0.3, 0.4) is 0 Å². The highest BCUT2D eigenvalue weighted by atomic mass is 16.5. The molecular weight excluding hydrogens is 258 g/mol. The van der Waals surface area contributed by atoms with Crippen LogP contribution in [-0.4, -0.2) is 31.6 Å². The summed E-state index contributed by atoms with van der Waals surface area (Å²) < 4.78 is 5.24. The van der Waals surface area contributed by atoms with Crippen LogP contribution in [0.5, 0.6) is 5.75 Å². The van der Waals surface area contributed by atoms with E-state index in [0.717, 1.165) is 12.8 Å². The Labute approximate surface area is 118 Å². The Bertz CT molecular complexity index is 445. The van der Waals surface area contributed by atoms with Gasteiger partial charge in [0.15, 0.2) is 6.61 Å². The first kappa shape index (κ1) is 16.0. The molecule has 0 bridgehead atoms. The molecule has 6 heteroatoms.